The lowest BCUT2D eigenvalue weighted by Crippen LogP contribution is -2.13. The Morgan fingerprint density at radius 3 is 2.57 bits per heavy atom. The predicted octanol–water partition coefficient (Wildman–Crippen LogP) is 4.41. The molecule has 106 valence electrons. The van der Waals surface area contributed by atoms with Crippen molar-refractivity contribution in [3.8, 4) is 0 Å². The van der Waals surface area contributed by atoms with E-state index >= 15 is 0 Å². The molecule has 1 aromatic heterocycles. The van der Waals surface area contributed by atoms with Gasteiger partial charge in [-0.1, -0.05) is 41.1 Å². The first kappa shape index (κ1) is 14.2. The highest BCUT2D eigenvalue weighted by Crippen LogP contribution is 2.26. The van der Waals surface area contributed by atoms with Gasteiger partial charge in [-0.3, -0.25) is 9.36 Å². The minimum Gasteiger partial charge on any atom is -0.268 e. The second kappa shape index (κ2) is 5.54. The van der Waals surface area contributed by atoms with Crippen LogP contribution in [0.25, 0.3) is 11.0 Å². The lowest BCUT2D eigenvalue weighted by atomic mass is 10.1. The monoisotopic (exact) mass is 316 g/mol. The Morgan fingerprint density at radius 2 is 1.90 bits per heavy atom. The van der Waals surface area contributed by atoms with Crippen molar-refractivity contribution in [3.05, 3.63) is 58.6 Å². The number of thioether (sulfide) groups is 1. The van der Waals surface area contributed by atoms with Crippen molar-refractivity contribution in [2.45, 2.75) is 12.1 Å². The number of halogens is 1. The van der Waals surface area contributed by atoms with Gasteiger partial charge in [0.25, 0.3) is 5.91 Å². The van der Waals surface area contributed by atoms with Crippen LogP contribution in [-0.4, -0.2) is 21.7 Å². The number of rotatable bonds is 2. The van der Waals surface area contributed by atoms with Gasteiger partial charge in [-0.25, -0.2) is 4.98 Å². The Morgan fingerprint density at radius 1 is 1.19 bits per heavy atom. The van der Waals surface area contributed by atoms with Gasteiger partial charge in [0, 0.05) is 10.6 Å². The van der Waals surface area contributed by atoms with E-state index in [-0.39, 0.29) is 5.91 Å². The molecule has 0 unspecified atom stereocenters. The molecule has 0 radical (unpaired) electrons. The van der Waals surface area contributed by atoms with Gasteiger partial charge in [0.1, 0.15) is 0 Å². The maximum Gasteiger partial charge on any atom is 0.264 e. The molecule has 5 heteroatoms. The molecule has 0 amide bonds. The van der Waals surface area contributed by atoms with Gasteiger partial charge < -0.3 is 0 Å². The fourth-order valence-corrected chi connectivity index (χ4v) is 2.90. The van der Waals surface area contributed by atoms with Gasteiger partial charge in [-0.2, -0.15) is 0 Å². The van der Waals surface area contributed by atoms with Crippen LogP contribution in [0, 0.1) is 6.92 Å². The van der Waals surface area contributed by atoms with Crippen LogP contribution < -0.4 is 0 Å². The van der Waals surface area contributed by atoms with Crippen LogP contribution in [0.1, 0.15) is 15.9 Å². The van der Waals surface area contributed by atoms with Gasteiger partial charge in [0.05, 0.1) is 11.0 Å². The van der Waals surface area contributed by atoms with Crippen molar-refractivity contribution in [3.63, 3.8) is 0 Å². The molecule has 21 heavy (non-hydrogen) atoms. The van der Waals surface area contributed by atoms with Crippen LogP contribution in [0.5, 0.6) is 0 Å². The van der Waals surface area contributed by atoms with E-state index in [1.54, 1.807) is 16.7 Å². The summed E-state index contributed by atoms with van der Waals surface area (Å²) in [7, 11) is 0. The van der Waals surface area contributed by atoms with Crippen LogP contribution in [0.2, 0.25) is 5.02 Å². The number of hydrogen-bond donors (Lipinski definition) is 0. The predicted molar refractivity (Wildman–Crippen MR) is 87.4 cm³/mol. The van der Waals surface area contributed by atoms with E-state index in [4.69, 9.17) is 11.6 Å². The van der Waals surface area contributed by atoms with E-state index in [1.807, 2.05) is 43.5 Å². The second-order valence-corrected chi connectivity index (χ2v) is 5.95. The number of aromatic nitrogens is 2. The van der Waals surface area contributed by atoms with E-state index in [0.29, 0.717) is 15.7 Å². The lowest BCUT2D eigenvalue weighted by Gasteiger charge is -2.07. The zero-order valence-corrected chi connectivity index (χ0v) is 13.2. The Kier molecular flexibility index (Phi) is 3.74. The van der Waals surface area contributed by atoms with Crippen LogP contribution in [0.15, 0.2) is 47.6 Å². The van der Waals surface area contributed by atoms with E-state index in [0.717, 1.165) is 16.6 Å². The molecule has 1 heterocycles. The van der Waals surface area contributed by atoms with Crippen molar-refractivity contribution in [2.75, 3.05) is 6.26 Å². The summed E-state index contributed by atoms with van der Waals surface area (Å²) in [6, 6.07) is 12.9. The third kappa shape index (κ3) is 2.57. The molecule has 0 aliphatic heterocycles. The zero-order valence-electron chi connectivity index (χ0n) is 11.6. The molecule has 0 N–H and O–H groups in total. The van der Waals surface area contributed by atoms with E-state index in [1.165, 1.54) is 11.8 Å². The Balaban J connectivity index is 2.20. The molecule has 3 nitrogen and oxygen atoms in total. The number of carbonyl (C=O) groups excluding carboxylic acids is 1. The summed E-state index contributed by atoms with van der Waals surface area (Å²) in [5, 5.41) is 1.26. The molecule has 0 spiro atoms. The summed E-state index contributed by atoms with van der Waals surface area (Å²) < 4.78 is 1.62. The molecule has 0 aliphatic rings. The van der Waals surface area contributed by atoms with Crippen molar-refractivity contribution in [1.29, 1.82) is 0 Å². The minimum absolute atomic E-state index is 0.0934. The number of benzene rings is 2. The summed E-state index contributed by atoms with van der Waals surface area (Å²) in [4.78, 5) is 17.3. The maximum atomic E-state index is 12.8. The molecule has 3 rings (SSSR count). The Bertz CT molecular complexity index is 824. The van der Waals surface area contributed by atoms with Crippen LogP contribution >= 0.6 is 23.4 Å². The maximum absolute atomic E-state index is 12.8. The first-order valence-corrected chi connectivity index (χ1v) is 8.04. The third-order valence-corrected chi connectivity index (χ3v) is 4.14. The summed E-state index contributed by atoms with van der Waals surface area (Å²) in [5.74, 6) is -0.0934. The minimum atomic E-state index is -0.0934. The fourth-order valence-electron chi connectivity index (χ4n) is 2.18. The standard InChI is InChI=1S/C16H13ClN2OS/c1-10-3-5-11(6-4-10)15(20)19-14-9-12(17)7-8-13(14)18-16(19)21-2/h3-9H,1-2H3. The van der Waals surface area contributed by atoms with Gasteiger partial charge >= 0.3 is 0 Å². The molecular formula is C16H13ClN2OS. The molecule has 0 bridgehead atoms. The lowest BCUT2D eigenvalue weighted by molar-refractivity contribution is 0.0955. The highest BCUT2D eigenvalue weighted by atomic mass is 35.5. The highest BCUT2D eigenvalue weighted by Gasteiger charge is 2.18. The number of hydrogen-bond acceptors (Lipinski definition) is 3. The Labute approximate surface area is 131 Å². The number of carbonyl (C=O) groups is 1. The Hall–Kier alpha value is -1.78. The largest absolute Gasteiger partial charge is 0.268 e. The van der Waals surface area contributed by atoms with E-state index in [2.05, 4.69) is 4.98 Å². The first-order valence-electron chi connectivity index (χ1n) is 6.43. The quantitative estimate of drug-likeness (QED) is 0.657. The highest BCUT2D eigenvalue weighted by molar-refractivity contribution is 7.98. The smallest absolute Gasteiger partial charge is 0.264 e. The molecule has 0 saturated carbocycles. The average molecular weight is 317 g/mol. The fraction of sp³-hybridized carbons (Fsp3) is 0.125. The van der Waals surface area contributed by atoms with Crippen molar-refractivity contribution in [1.82, 2.24) is 9.55 Å². The van der Waals surface area contributed by atoms with Crippen LogP contribution in [0.4, 0.5) is 0 Å². The van der Waals surface area contributed by atoms with Crippen molar-refractivity contribution < 1.29 is 4.79 Å². The number of nitrogens with zero attached hydrogens (tertiary/aromatic N) is 2. The molecule has 3 aromatic rings. The average Bonchev–Trinajstić information content (AvgIpc) is 2.85. The summed E-state index contributed by atoms with van der Waals surface area (Å²) in [6.45, 7) is 1.99. The molecular weight excluding hydrogens is 304 g/mol. The summed E-state index contributed by atoms with van der Waals surface area (Å²) >= 11 is 7.50. The molecule has 2 aromatic carbocycles. The number of imidazole rings is 1. The third-order valence-electron chi connectivity index (χ3n) is 3.27. The van der Waals surface area contributed by atoms with Crippen molar-refractivity contribution >= 4 is 40.3 Å². The second-order valence-electron chi connectivity index (χ2n) is 4.74. The molecule has 0 atom stereocenters. The van der Waals surface area contributed by atoms with Crippen LogP contribution in [0.3, 0.4) is 0 Å². The SMILES string of the molecule is CSc1nc2ccc(Cl)cc2n1C(=O)c1ccc(C)cc1. The van der Waals surface area contributed by atoms with Gasteiger partial charge in [0.15, 0.2) is 5.16 Å². The van der Waals surface area contributed by atoms with E-state index < -0.39 is 0 Å². The topological polar surface area (TPSA) is 34.9 Å². The molecule has 0 saturated heterocycles. The first-order chi connectivity index (χ1) is 10.1. The van der Waals surface area contributed by atoms with Gasteiger partial charge in [-0.15, -0.1) is 0 Å². The number of fused-ring (bicyclic) bond motifs is 1. The summed E-state index contributed by atoms with van der Waals surface area (Å²) in [6.07, 6.45) is 1.90. The molecule has 0 fully saturated rings. The number of aryl methyl sites for hydroxylation is 1. The van der Waals surface area contributed by atoms with Crippen LogP contribution in [-0.2, 0) is 0 Å². The van der Waals surface area contributed by atoms with Crippen molar-refractivity contribution in [2.24, 2.45) is 0 Å². The van der Waals surface area contributed by atoms with Gasteiger partial charge in [0.2, 0.25) is 0 Å². The van der Waals surface area contributed by atoms with E-state index in [9.17, 15) is 4.79 Å². The summed E-state index contributed by atoms with van der Waals surface area (Å²) in [5.41, 5.74) is 3.26. The normalized spacial score (nSPS) is 11.0. The zero-order chi connectivity index (χ0) is 15.0. The van der Waals surface area contributed by atoms with Gasteiger partial charge in [-0.05, 0) is 43.5 Å². The molecule has 0 aliphatic carbocycles.